The molecule has 1 aromatic carbocycles. The summed E-state index contributed by atoms with van der Waals surface area (Å²) in [5.74, 6) is 0.942. The first kappa shape index (κ1) is 27.6. The number of carbonyl (C=O) groups excluding carboxylic acids is 1. The van der Waals surface area contributed by atoms with Gasteiger partial charge < -0.3 is 25.2 Å². The van der Waals surface area contributed by atoms with Gasteiger partial charge >= 0.3 is 0 Å². The lowest BCUT2D eigenvalue weighted by atomic mass is 10.1. The molecule has 1 amide bonds. The van der Waals surface area contributed by atoms with E-state index in [4.69, 9.17) is 9.73 Å². The molecule has 0 radical (unpaired) electrons. The predicted octanol–water partition coefficient (Wildman–Crippen LogP) is 2.95. The van der Waals surface area contributed by atoms with Crippen molar-refractivity contribution in [1.29, 1.82) is 0 Å². The number of rotatable bonds is 11. The van der Waals surface area contributed by atoms with E-state index in [1.54, 1.807) is 7.11 Å². The number of methoxy groups -OCH3 is 1. The Kier molecular flexibility index (Phi) is 14.5. The van der Waals surface area contributed by atoms with Gasteiger partial charge in [0.25, 0.3) is 5.91 Å². The third-order valence-corrected chi connectivity index (χ3v) is 5.26. The third kappa shape index (κ3) is 10.7. The number of guanidine groups is 1. The van der Waals surface area contributed by atoms with E-state index in [1.807, 2.05) is 29.2 Å². The van der Waals surface area contributed by atoms with E-state index in [2.05, 4.69) is 29.5 Å². The molecule has 2 rings (SSSR count). The molecule has 31 heavy (non-hydrogen) atoms. The Morgan fingerprint density at radius 3 is 2.68 bits per heavy atom. The van der Waals surface area contributed by atoms with E-state index >= 15 is 0 Å². The summed E-state index contributed by atoms with van der Waals surface area (Å²) in [6.07, 6.45) is 4.47. The quantitative estimate of drug-likeness (QED) is 0.194. The van der Waals surface area contributed by atoms with Crippen molar-refractivity contribution in [3.63, 3.8) is 0 Å². The number of halogens is 1. The molecule has 8 heteroatoms. The number of carbonyl (C=O) groups is 1. The second-order valence-electron chi connectivity index (χ2n) is 7.82. The summed E-state index contributed by atoms with van der Waals surface area (Å²) in [7, 11) is 3.85. The van der Waals surface area contributed by atoms with Gasteiger partial charge in [0.1, 0.15) is 0 Å². The largest absolute Gasteiger partial charge is 0.385 e. The number of nitrogens with one attached hydrogen (secondary N) is 2. The Morgan fingerprint density at radius 1 is 1.19 bits per heavy atom. The number of likely N-dealkylation sites (tertiary alicyclic amines) is 1. The van der Waals surface area contributed by atoms with Gasteiger partial charge in [-0.05, 0) is 57.4 Å². The fraction of sp³-hybridized carbons (Fsp3) is 0.652. The van der Waals surface area contributed by atoms with Crippen LogP contribution in [0, 0.1) is 0 Å². The van der Waals surface area contributed by atoms with E-state index in [9.17, 15) is 4.79 Å². The highest BCUT2D eigenvalue weighted by molar-refractivity contribution is 14.0. The average Bonchev–Trinajstić information content (AvgIpc) is 2.78. The van der Waals surface area contributed by atoms with E-state index in [0.717, 1.165) is 82.2 Å². The van der Waals surface area contributed by atoms with Crippen LogP contribution in [0.15, 0.2) is 29.3 Å². The molecule has 1 fully saturated rings. The molecular weight excluding hydrogens is 505 g/mol. The van der Waals surface area contributed by atoms with Crippen LogP contribution in [0.5, 0.6) is 0 Å². The highest BCUT2D eigenvalue weighted by atomic mass is 127. The SMILES string of the molecule is CCNC(=NCc1cccc(C(=O)N2CCCCC2)c1)NCCN(C)CCCOC.I. The highest BCUT2D eigenvalue weighted by Crippen LogP contribution is 2.14. The summed E-state index contributed by atoms with van der Waals surface area (Å²) in [5, 5.41) is 6.69. The van der Waals surface area contributed by atoms with Gasteiger partial charge in [0.15, 0.2) is 5.96 Å². The molecule has 1 aliphatic rings. The zero-order valence-electron chi connectivity index (χ0n) is 19.4. The number of nitrogens with zero attached hydrogens (tertiary/aromatic N) is 3. The van der Waals surface area contributed by atoms with Crippen LogP contribution in [-0.2, 0) is 11.3 Å². The van der Waals surface area contributed by atoms with Crippen molar-refractivity contribution >= 4 is 35.8 Å². The fourth-order valence-corrected chi connectivity index (χ4v) is 3.55. The lowest BCUT2D eigenvalue weighted by Gasteiger charge is -2.26. The maximum absolute atomic E-state index is 12.7. The van der Waals surface area contributed by atoms with Crippen molar-refractivity contribution in [2.24, 2.45) is 4.99 Å². The lowest BCUT2D eigenvalue weighted by Crippen LogP contribution is -2.41. The molecule has 7 nitrogen and oxygen atoms in total. The summed E-state index contributed by atoms with van der Waals surface area (Å²) < 4.78 is 5.10. The molecule has 1 heterocycles. The van der Waals surface area contributed by atoms with E-state index < -0.39 is 0 Å². The topological polar surface area (TPSA) is 69.2 Å². The molecule has 1 saturated heterocycles. The van der Waals surface area contributed by atoms with Crippen molar-refractivity contribution < 1.29 is 9.53 Å². The molecule has 0 spiro atoms. The summed E-state index contributed by atoms with van der Waals surface area (Å²) in [6, 6.07) is 7.88. The van der Waals surface area contributed by atoms with Crippen molar-refractivity contribution in [3.8, 4) is 0 Å². The second-order valence-corrected chi connectivity index (χ2v) is 7.82. The number of benzene rings is 1. The number of likely N-dealkylation sites (N-methyl/N-ethyl adjacent to an activating group) is 1. The molecule has 1 aromatic rings. The standard InChI is InChI=1S/C23H39N5O2.HI/c1-4-24-23(25-12-16-27(2)13-9-17-30-3)26-19-20-10-8-11-21(18-20)22(29)28-14-6-5-7-15-28;/h8,10-11,18H,4-7,9,12-17,19H2,1-3H3,(H2,24,25,26);1H. The minimum absolute atomic E-state index is 0. The number of hydrogen-bond acceptors (Lipinski definition) is 4. The predicted molar refractivity (Wildman–Crippen MR) is 138 cm³/mol. The molecule has 1 aliphatic heterocycles. The normalized spacial score (nSPS) is 14.3. The number of ether oxygens (including phenoxy) is 1. The third-order valence-electron chi connectivity index (χ3n) is 5.26. The Morgan fingerprint density at radius 2 is 1.97 bits per heavy atom. The van der Waals surface area contributed by atoms with Gasteiger partial charge in [-0.15, -0.1) is 24.0 Å². The van der Waals surface area contributed by atoms with Crippen LogP contribution in [0.3, 0.4) is 0 Å². The maximum Gasteiger partial charge on any atom is 0.253 e. The van der Waals surface area contributed by atoms with Crippen LogP contribution in [-0.4, -0.2) is 81.7 Å². The van der Waals surface area contributed by atoms with E-state index in [-0.39, 0.29) is 29.9 Å². The van der Waals surface area contributed by atoms with Gasteiger partial charge in [-0.3, -0.25) is 4.79 Å². The second kappa shape index (κ2) is 16.3. The van der Waals surface area contributed by atoms with E-state index in [0.29, 0.717) is 6.54 Å². The van der Waals surface area contributed by atoms with Crippen molar-refractivity contribution in [3.05, 3.63) is 35.4 Å². The van der Waals surface area contributed by atoms with E-state index in [1.165, 1.54) is 6.42 Å². The van der Waals surface area contributed by atoms with Crippen LogP contribution < -0.4 is 10.6 Å². The van der Waals surface area contributed by atoms with Gasteiger partial charge in [0, 0.05) is 58.5 Å². The monoisotopic (exact) mass is 545 g/mol. The Balaban J connectivity index is 0.00000480. The molecular formula is C23H40IN5O2. The van der Waals surface area contributed by atoms with Crippen LogP contribution >= 0.6 is 24.0 Å². The highest BCUT2D eigenvalue weighted by Gasteiger charge is 2.18. The Bertz CT molecular complexity index is 665. The smallest absolute Gasteiger partial charge is 0.253 e. The first-order valence-electron chi connectivity index (χ1n) is 11.2. The molecule has 0 aromatic heterocycles. The van der Waals surface area contributed by atoms with Crippen LogP contribution in [0.2, 0.25) is 0 Å². The first-order chi connectivity index (χ1) is 14.6. The average molecular weight is 546 g/mol. The number of hydrogen-bond donors (Lipinski definition) is 2. The molecule has 0 bridgehead atoms. The summed E-state index contributed by atoms with van der Waals surface area (Å²) >= 11 is 0. The molecule has 0 atom stereocenters. The first-order valence-corrected chi connectivity index (χ1v) is 11.2. The molecule has 0 saturated carbocycles. The van der Waals surface area contributed by atoms with Crippen LogP contribution in [0.1, 0.15) is 48.5 Å². The number of amides is 1. The minimum Gasteiger partial charge on any atom is -0.385 e. The van der Waals surface area contributed by atoms with Crippen LogP contribution in [0.25, 0.3) is 0 Å². The molecule has 0 aliphatic carbocycles. The van der Waals surface area contributed by atoms with Crippen LogP contribution in [0.4, 0.5) is 0 Å². The Hall–Kier alpha value is -1.39. The van der Waals surface area contributed by atoms with Crippen molar-refractivity contribution in [1.82, 2.24) is 20.4 Å². The van der Waals surface area contributed by atoms with Gasteiger partial charge in [-0.1, -0.05) is 12.1 Å². The Labute approximate surface area is 205 Å². The summed E-state index contributed by atoms with van der Waals surface area (Å²) in [5.41, 5.74) is 1.81. The van der Waals surface area contributed by atoms with Crippen molar-refractivity contribution in [2.45, 2.75) is 39.2 Å². The summed E-state index contributed by atoms with van der Waals surface area (Å²) in [6.45, 7) is 8.72. The maximum atomic E-state index is 12.7. The lowest BCUT2D eigenvalue weighted by molar-refractivity contribution is 0.0724. The molecule has 0 unspecified atom stereocenters. The molecule has 176 valence electrons. The van der Waals surface area contributed by atoms with Gasteiger partial charge in [0.2, 0.25) is 0 Å². The fourth-order valence-electron chi connectivity index (χ4n) is 3.55. The number of aliphatic imine (C=N–C) groups is 1. The summed E-state index contributed by atoms with van der Waals surface area (Å²) in [4.78, 5) is 21.7. The zero-order chi connectivity index (χ0) is 21.6. The minimum atomic E-state index is 0. The van der Waals surface area contributed by atoms with Gasteiger partial charge in [0.05, 0.1) is 6.54 Å². The molecule has 2 N–H and O–H groups in total. The zero-order valence-corrected chi connectivity index (χ0v) is 21.7. The van der Waals surface area contributed by atoms with Crippen molar-refractivity contribution in [2.75, 3.05) is 60.0 Å². The number of piperidine rings is 1. The van der Waals surface area contributed by atoms with Gasteiger partial charge in [-0.2, -0.15) is 0 Å². The van der Waals surface area contributed by atoms with Gasteiger partial charge in [-0.25, -0.2) is 4.99 Å².